The number of carboxylic acid groups (broad SMARTS) is 2. The Balaban J connectivity index is 1.97. The van der Waals surface area contributed by atoms with Crippen molar-refractivity contribution in [1.82, 2.24) is 0 Å². The second-order valence-electron chi connectivity index (χ2n) is 5.53. The maximum atomic E-state index is 11.4. The summed E-state index contributed by atoms with van der Waals surface area (Å²) in [4.78, 5) is 22.6. The maximum Gasteiger partial charge on any atom is 0.324 e. The Labute approximate surface area is 110 Å². The van der Waals surface area contributed by atoms with Crippen LogP contribution in [0.3, 0.4) is 0 Å². The molecule has 2 aliphatic rings. The number of hydrogen-bond donors (Lipinski definition) is 3. The van der Waals surface area contributed by atoms with Crippen molar-refractivity contribution < 1.29 is 19.8 Å². The molecular formula is C14H15NO4. The molecule has 0 aromatic heterocycles. The summed E-state index contributed by atoms with van der Waals surface area (Å²) >= 11 is 0. The summed E-state index contributed by atoms with van der Waals surface area (Å²) in [5.74, 6) is -3.33. The van der Waals surface area contributed by atoms with E-state index in [-0.39, 0.29) is 11.8 Å². The Bertz CT molecular complexity index is 544. The lowest BCUT2D eigenvalue weighted by molar-refractivity contribution is -0.145. The lowest BCUT2D eigenvalue weighted by Gasteiger charge is -2.24. The molecule has 3 rings (SSSR count). The monoisotopic (exact) mass is 261 g/mol. The van der Waals surface area contributed by atoms with Gasteiger partial charge in [-0.3, -0.25) is 9.59 Å². The van der Waals surface area contributed by atoms with E-state index in [0.717, 1.165) is 5.56 Å². The quantitative estimate of drug-likeness (QED) is 0.750. The molecule has 2 fully saturated rings. The SMILES string of the molecule is NC1(C(=O)O)CC(c2ccccc2)C2C(C(=O)O)C21. The van der Waals surface area contributed by atoms with Crippen molar-refractivity contribution in [3.63, 3.8) is 0 Å². The van der Waals surface area contributed by atoms with Gasteiger partial charge in [0.05, 0.1) is 5.92 Å². The zero-order valence-electron chi connectivity index (χ0n) is 10.2. The molecule has 0 spiro atoms. The minimum Gasteiger partial charge on any atom is -0.481 e. The predicted octanol–water partition coefficient (Wildman–Crippen LogP) is 0.903. The molecule has 5 atom stereocenters. The highest BCUT2D eigenvalue weighted by atomic mass is 16.4. The van der Waals surface area contributed by atoms with E-state index in [1.807, 2.05) is 30.3 Å². The van der Waals surface area contributed by atoms with Crippen LogP contribution in [-0.4, -0.2) is 27.7 Å². The maximum absolute atomic E-state index is 11.4. The van der Waals surface area contributed by atoms with Gasteiger partial charge in [-0.05, 0) is 23.8 Å². The minimum atomic E-state index is -1.41. The smallest absolute Gasteiger partial charge is 0.324 e. The van der Waals surface area contributed by atoms with Crippen LogP contribution in [0.25, 0.3) is 0 Å². The van der Waals surface area contributed by atoms with Gasteiger partial charge in [0, 0.05) is 5.92 Å². The van der Waals surface area contributed by atoms with E-state index < -0.39 is 29.3 Å². The molecular weight excluding hydrogens is 246 g/mol. The van der Waals surface area contributed by atoms with Crippen molar-refractivity contribution >= 4 is 11.9 Å². The summed E-state index contributed by atoms with van der Waals surface area (Å²) < 4.78 is 0. The zero-order valence-corrected chi connectivity index (χ0v) is 10.2. The fraction of sp³-hybridized carbons (Fsp3) is 0.429. The number of fused-ring (bicyclic) bond motifs is 1. The Hall–Kier alpha value is -1.88. The summed E-state index contributed by atoms with van der Waals surface area (Å²) in [5, 5.41) is 18.5. The molecule has 0 aliphatic heterocycles. The molecule has 1 aromatic carbocycles. The van der Waals surface area contributed by atoms with Gasteiger partial charge in [-0.15, -0.1) is 0 Å². The zero-order chi connectivity index (χ0) is 13.8. The second-order valence-corrected chi connectivity index (χ2v) is 5.53. The topological polar surface area (TPSA) is 101 Å². The van der Waals surface area contributed by atoms with Gasteiger partial charge in [-0.25, -0.2) is 0 Å². The van der Waals surface area contributed by atoms with Crippen molar-refractivity contribution in [2.75, 3.05) is 0 Å². The van der Waals surface area contributed by atoms with Crippen molar-refractivity contribution in [1.29, 1.82) is 0 Å². The first kappa shape index (κ1) is 12.2. The van der Waals surface area contributed by atoms with Crippen LogP contribution in [0.2, 0.25) is 0 Å². The predicted molar refractivity (Wildman–Crippen MR) is 66.5 cm³/mol. The summed E-state index contributed by atoms with van der Waals surface area (Å²) in [6.45, 7) is 0. The highest BCUT2D eigenvalue weighted by Crippen LogP contribution is 2.67. The van der Waals surface area contributed by atoms with Gasteiger partial charge < -0.3 is 15.9 Å². The fourth-order valence-corrected chi connectivity index (χ4v) is 3.72. The van der Waals surface area contributed by atoms with E-state index in [1.165, 1.54) is 0 Å². The average Bonchev–Trinajstić information content (AvgIpc) is 3.05. The van der Waals surface area contributed by atoms with E-state index in [2.05, 4.69) is 0 Å². The minimum absolute atomic E-state index is 0.0756. The summed E-state index contributed by atoms with van der Waals surface area (Å²) in [7, 11) is 0. The molecule has 0 heterocycles. The molecule has 5 heteroatoms. The number of carboxylic acids is 2. The van der Waals surface area contributed by atoms with Crippen LogP contribution >= 0.6 is 0 Å². The molecule has 19 heavy (non-hydrogen) atoms. The number of nitrogens with two attached hydrogens (primary N) is 1. The first-order valence-corrected chi connectivity index (χ1v) is 6.27. The Kier molecular flexibility index (Phi) is 2.44. The van der Waals surface area contributed by atoms with Gasteiger partial charge in [0.1, 0.15) is 5.54 Å². The number of benzene rings is 1. The number of hydrogen-bond acceptors (Lipinski definition) is 3. The number of carbonyl (C=O) groups is 2. The Morgan fingerprint density at radius 2 is 1.84 bits per heavy atom. The van der Waals surface area contributed by atoms with Crippen LogP contribution < -0.4 is 5.73 Å². The van der Waals surface area contributed by atoms with Crippen LogP contribution in [0.1, 0.15) is 17.9 Å². The van der Waals surface area contributed by atoms with Crippen LogP contribution in [0.15, 0.2) is 30.3 Å². The van der Waals surface area contributed by atoms with E-state index >= 15 is 0 Å². The van der Waals surface area contributed by atoms with E-state index in [0.29, 0.717) is 6.42 Å². The van der Waals surface area contributed by atoms with E-state index in [9.17, 15) is 19.8 Å². The van der Waals surface area contributed by atoms with Gasteiger partial charge >= 0.3 is 11.9 Å². The van der Waals surface area contributed by atoms with Gasteiger partial charge in [-0.2, -0.15) is 0 Å². The largest absolute Gasteiger partial charge is 0.481 e. The third-order valence-electron chi connectivity index (χ3n) is 4.60. The third-order valence-corrected chi connectivity index (χ3v) is 4.60. The van der Waals surface area contributed by atoms with E-state index in [1.54, 1.807) is 0 Å². The van der Waals surface area contributed by atoms with Gasteiger partial charge in [0.15, 0.2) is 0 Å². The van der Waals surface area contributed by atoms with Crippen molar-refractivity contribution in [2.24, 2.45) is 23.5 Å². The first-order chi connectivity index (χ1) is 8.97. The lowest BCUT2D eigenvalue weighted by atomic mass is 9.84. The molecule has 100 valence electrons. The molecule has 5 nitrogen and oxygen atoms in total. The first-order valence-electron chi connectivity index (χ1n) is 6.27. The standard InChI is InChI=1S/C14H15NO4/c15-14(13(18)19)6-8(7-4-2-1-3-5-7)9-10(11(9)14)12(16)17/h1-5,8-11H,6,15H2,(H,16,17)(H,18,19). The van der Waals surface area contributed by atoms with Crippen LogP contribution in [0.5, 0.6) is 0 Å². The van der Waals surface area contributed by atoms with E-state index in [4.69, 9.17) is 5.73 Å². The number of aliphatic carboxylic acids is 2. The average molecular weight is 261 g/mol. The van der Waals surface area contributed by atoms with Crippen LogP contribution in [0.4, 0.5) is 0 Å². The van der Waals surface area contributed by atoms with Crippen molar-refractivity contribution in [3.05, 3.63) is 35.9 Å². The summed E-state index contributed by atoms with van der Waals surface area (Å²) in [6.07, 6.45) is 0.311. The van der Waals surface area contributed by atoms with Gasteiger partial charge in [-0.1, -0.05) is 30.3 Å². The highest BCUT2D eigenvalue weighted by molar-refractivity contribution is 5.85. The Morgan fingerprint density at radius 1 is 1.21 bits per heavy atom. The molecule has 0 amide bonds. The summed E-state index contributed by atoms with van der Waals surface area (Å²) in [5.41, 5.74) is 5.55. The molecule has 4 N–H and O–H groups in total. The lowest BCUT2D eigenvalue weighted by Crippen LogP contribution is -2.50. The number of rotatable bonds is 3. The van der Waals surface area contributed by atoms with Crippen molar-refractivity contribution in [2.45, 2.75) is 17.9 Å². The van der Waals surface area contributed by atoms with Crippen LogP contribution in [-0.2, 0) is 9.59 Å². The molecule has 0 saturated heterocycles. The van der Waals surface area contributed by atoms with Gasteiger partial charge in [0.2, 0.25) is 0 Å². The highest BCUT2D eigenvalue weighted by Gasteiger charge is 2.73. The summed E-state index contributed by atoms with van der Waals surface area (Å²) in [6, 6.07) is 9.45. The van der Waals surface area contributed by atoms with Gasteiger partial charge in [0.25, 0.3) is 0 Å². The molecule has 2 aliphatic carbocycles. The molecule has 2 saturated carbocycles. The molecule has 1 aromatic rings. The third kappa shape index (κ3) is 1.58. The molecule has 5 unspecified atom stereocenters. The second kappa shape index (κ2) is 3.81. The molecule has 0 radical (unpaired) electrons. The van der Waals surface area contributed by atoms with Crippen molar-refractivity contribution in [3.8, 4) is 0 Å². The van der Waals surface area contributed by atoms with Crippen LogP contribution in [0, 0.1) is 17.8 Å². The fourth-order valence-electron chi connectivity index (χ4n) is 3.72. The normalized spacial score (nSPS) is 39.6. The Morgan fingerprint density at radius 3 is 2.37 bits per heavy atom. The molecule has 0 bridgehead atoms.